The molecule has 6 heteroatoms. The third kappa shape index (κ3) is 4.81. The summed E-state index contributed by atoms with van der Waals surface area (Å²) in [7, 11) is -3.29. The van der Waals surface area contributed by atoms with Gasteiger partial charge in [-0.05, 0) is 48.7 Å². The van der Waals surface area contributed by atoms with Crippen molar-refractivity contribution >= 4 is 21.4 Å². The Hall–Kier alpha value is -2.60. The molecule has 1 aliphatic rings. The zero-order valence-corrected chi connectivity index (χ0v) is 17.1. The Bertz CT molecular complexity index is 961. The van der Waals surface area contributed by atoms with E-state index in [0.717, 1.165) is 5.56 Å². The van der Waals surface area contributed by atoms with E-state index >= 15 is 0 Å². The van der Waals surface area contributed by atoms with Crippen LogP contribution >= 0.6 is 0 Å². The van der Waals surface area contributed by atoms with Crippen LogP contribution in [0, 0.1) is 6.92 Å². The van der Waals surface area contributed by atoms with Crippen LogP contribution in [0.25, 0.3) is 0 Å². The van der Waals surface area contributed by atoms with Crippen molar-refractivity contribution in [3.05, 3.63) is 71.1 Å². The number of carbonyl (C=O) groups excluding carboxylic acids is 1. The van der Waals surface area contributed by atoms with Crippen LogP contribution in [-0.4, -0.2) is 32.7 Å². The number of hydrogen-bond donors (Lipinski definition) is 0. The highest BCUT2D eigenvalue weighted by atomic mass is 32.2. The smallest absolute Gasteiger partial charge is 0.265 e. The molecular weight excluding hydrogens is 374 g/mol. The minimum atomic E-state index is -3.29. The monoisotopic (exact) mass is 399 g/mol. The summed E-state index contributed by atoms with van der Waals surface area (Å²) in [5.74, 6) is 0.624. The first-order chi connectivity index (χ1) is 13.2. The van der Waals surface area contributed by atoms with E-state index in [4.69, 9.17) is 4.74 Å². The second-order valence-corrected chi connectivity index (χ2v) is 9.27. The molecule has 28 heavy (non-hydrogen) atoms. The lowest BCUT2D eigenvalue weighted by molar-refractivity contribution is -0.120. The Morgan fingerprint density at radius 3 is 2.29 bits per heavy atom. The van der Waals surface area contributed by atoms with Crippen LogP contribution < -0.4 is 9.64 Å². The number of aryl methyl sites for hydroxylation is 1. The Kier molecular flexibility index (Phi) is 5.89. The molecule has 0 radical (unpaired) electrons. The summed E-state index contributed by atoms with van der Waals surface area (Å²) >= 11 is 0. The molecule has 1 atom stereocenters. The van der Waals surface area contributed by atoms with Crippen molar-refractivity contribution in [3.8, 4) is 5.75 Å². The van der Waals surface area contributed by atoms with Crippen molar-refractivity contribution in [3.63, 3.8) is 0 Å². The highest BCUT2D eigenvalue weighted by molar-refractivity contribution is 7.94. The van der Waals surface area contributed by atoms with Crippen LogP contribution in [0.4, 0.5) is 5.69 Å². The molecule has 1 heterocycles. The SMILES string of the molecule is Cc1ccc(N(C(=O)COc2ccc(C(C)C)cc2)C2C=CS(=O)(=O)C2)cc1. The summed E-state index contributed by atoms with van der Waals surface area (Å²) < 4.78 is 29.4. The fraction of sp³-hybridized carbons (Fsp3) is 0.318. The maximum Gasteiger partial charge on any atom is 0.265 e. The van der Waals surface area contributed by atoms with Gasteiger partial charge in [0.25, 0.3) is 5.91 Å². The van der Waals surface area contributed by atoms with E-state index in [-0.39, 0.29) is 18.3 Å². The molecule has 2 aromatic rings. The van der Waals surface area contributed by atoms with Crippen molar-refractivity contribution in [1.82, 2.24) is 0 Å². The summed E-state index contributed by atoms with van der Waals surface area (Å²) in [4.78, 5) is 14.5. The molecule has 0 aromatic heterocycles. The Balaban J connectivity index is 1.76. The van der Waals surface area contributed by atoms with Gasteiger partial charge in [0.05, 0.1) is 11.8 Å². The van der Waals surface area contributed by atoms with Crippen molar-refractivity contribution in [2.24, 2.45) is 0 Å². The number of amides is 1. The molecule has 1 amide bonds. The van der Waals surface area contributed by atoms with Gasteiger partial charge in [-0.15, -0.1) is 0 Å². The largest absolute Gasteiger partial charge is 0.484 e. The third-order valence-corrected chi connectivity index (χ3v) is 6.11. The van der Waals surface area contributed by atoms with E-state index in [0.29, 0.717) is 17.4 Å². The van der Waals surface area contributed by atoms with E-state index in [2.05, 4.69) is 13.8 Å². The number of rotatable bonds is 6. The average Bonchev–Trinajstić information content (AvgIpc) is 3.01. The summed E-state index contributed by atoms with van der Waals surface area (Å²) in [6.07, 6.45) is 1.56. The number of hydrogen-bond acceptors (Lipinski definition) is 4. The van der Waals surface area contributed by atoms with Crippen molar-refractivity contribution < 1.29 is 17.9 Å². The number of ether oxygens (including phenoxy) is 1. The number of benzene rings is 2. The Morgan fingerprint density at radius 1 is 1.11 bits per heavy atom. The molecule has 0 aliphatic carbocycles. The van der Waals surface area contributed by atoms with Gasteiger partial charge in [0, 0.05) is 11.1 Å². The zero-order valence-electron chi connectivity index (χ0n) is 16.3. The molecule has 0 saturated carbocycles. The van der Waals surface area contributed by atoms with Gasteiger partial charge >= 0.3 is 0 Å². The van der Waals surface area contributed by atoms with E-state index in [1.165, 1.54) is 15.9 Å². The van der Waals surface area contributed by atoms with Gasteiger partial charge in [0.2, 0.25) is 0 Å². The Morgan fingerprint density at radius 2 is 1.75 bits per heavy atom. The third-order valence-electron chi connectivity index (χ3n) is 4.73. The first-order valence-corrected chi connectivity index (χ1v) is 11.0. The van der Waals surface area contributed by atoms with Gasteiger partial charge in [0.15, 0.2) is 16.4 Å². The van der Waals surface area contributed by atoms with Crippen molar-refractivity contribution in [1.29, 1.82) is 0 Å². The summed E-state index contributed by atoms with van der Waals surface area (Å²) in [6, 6.07) is 14.6. The predicted octanol–water partition coefficient (Wildman–Crippen LogP) is 3.84. The van der Waals surface area contributed by atoms with Gasteiger partial charge in [-0.2, -0.15) is 0 Å². The van der Waals surface area contributed by atoms with Gasteiger partial charge in [-0.25, -0.2) is 8.42 Å². The molecule has 0 saturated heterocycles. The molecule has 1 unspecified atom stereocenters. The van der Waals surface area contributed by atoms with E-state index in [9.17, 15) is 13.2 Å². The number of sulfone groups is 1. The lowest BCUT2D eigenvalue weighted by Gasteiger charge is -2.27. The minimum Gasteiger partial charge on any atom is -0.484 e. The lowest BCUT2D eigenvalue weighted by atomic mass is 10.0. The fourth-order valence-corrected chi connectivity index (χ4v) is 4.38. The van der Waals surface area contributed by atoms with Crippen LogP contribution in [0.2, 0.25) is 0 Å². The predicted molar refractivity (Wildman–Crippen MR) is 111 cm³/mol. The van der Waals surface area contributed by atoms with Crippen LogP contribution in [0.3, 0.4) is 0 Å². The number of carbonyl (C=O) groups is 1. The van der Waals surface area contributed by atoms with Crippen LogP contribution in [-0.2, 0) is 14.6 Å². The average molecular weight is 400 g/mol. The first-order valence-electron chi connectivity index (χ1n) is 9.27. The fourth-order valence-electron chi connectivity index (χ4n) is 3.11. The van der Waals surface area contributed by atoms with Crippen LogP contribution in [0.15, 0.2) is 60.0 Å². The van der Waals surface area contributed by atoms with Gasteiger partial charge < -0.3 is 9.64 Å². The molecule has 148 valence electrons. The molecule has 2 aromatic carbocycles. The Labute approximate surface area is 166 Å². The molecular formula is C22H25NO4S. The molecule has 0 spiro atoms. The van der Waals surface area contributed by atoms with Gasteiger partial charge in [-0.3, -0.25) is 4.79 Å². The van der Waals surface area contributed by atoms with E-state index < -0.39 is 15.9 Å². The number of nitrogens with zero attached hydrogens (tertiary/aromatic N) is 1. The van der Waals surface area contributed by atoms with Crippen molar-refractivity contribution in [2.45, 2.75) is 32.7 Å². The quantitative estimate of drug-likeness (QED) is 0.740. The van der Waals surface area contributed by atoms with Crippen LogP contribution in [0.5, 0.6) is 5.75 Å². The summed E-state index contributed by atoms with van der Waals surface area (Å²) in [5, 5.41) is 1.18. The molecule has 3 rings (SSSR count). The highest BCUT2D eigenvalue weighted by Gasteiger charge is 2.31. The topological polar surface area (TPSA) is 63.7 Å². The van der Waals surface area contributed by atoms with Crippen molar-refractivity contribution in [2.75, 3.05) is 17.3 Å². The van der Waals surface area contributed by atoms with Gasteiger partial charge in [-0.1, -0.05) is 43.7 Å². The standard InChI is InChI=1S/C22H25NO4S/c1-16(2)18-6-10-21(11-7-18)27-14-22(24)23(19-8-4-17(3)5-9-19)20-12-13-28(25,26)15-20/h4-13,16,20H,14-15H2,1-3H3. The zero-order chi connectivity index (χ0) is 20.3. The maximum absolute atomic E-state index is 12.9. The normalized spacial score (nSPS) is 17.6. The molecule has 5 nitrogen and oxygen atoms in total. The van der Waals surface area contributed by atoms with Crippen LogP contribution in [0.1, 0.15) is 30.9 Å². The van der Waals surface area contributed by atoms with E-state index in [1.54, 1.807) is 6.08 Å². The van der Waals surface area contributed by atoms with Gasteiger partial charge in [0.1, 0.15) is 5.75 Å². The number of anilines is 1. The summed E-state index contributed by atoms with van der Waals surface area (Å²) in [6.45, 7) is 6.02. The second-order valence-electron chi connectivity index (χ2n) is 7.34. The molecule has 0 fully saturated rings. The minimum absolute atomic E-state index is 0.115. The summed E-state index contributed by atoms with van der Waals surface area (Å²) in [5.41, 5.74) is 2.91. The maximum atomic E-state index is 12.9. The highest BCUT2D eigenvalue weighted by Crippen LogP contribution is 2.24. The van der Waals surface area contributed by atoms with E-state index in [1.807, 2.05) is 55.5 Å². The second kappa shape index (κ2) is 8.19. The molecule has 0 N–H and O–H groups in total. The molecule has 1 aliphatic heterocycles. The first kappa shape index (κ1) is 20.1. The molecule has 0 bridgehead atoms. The lowest BCUT2D eigenvalue weighted by Crippen LogP contribution is -2.43.